The average molecular weight is 267 g/mol. The monoisotopic (exact) mass is 267 g/mol. The van der Waals surface area contributed by atoms with Gasteiger partial charge in [0.2, 0.25) is 0 Å². The highest BCUT2D eigenvalue weighted by atomic mass is 19.1. The van der Waals surface area contributed by atoms with Crippen LogP contribution >= 0.6 is 0 Å². The molecule has 104 valence electrons. The molecule has 1 amide bonds. The molecule has 2 N–H and O–H groups in total. The van der Waals surface area contributed by atoms with E-state index in [9.17, 15) is 9.18 Å². The fourth-order valence-corrected chi connectivity index (χ4v) is 2.68. The molecule has 2 heterocycles. The van der Waals surface area contributed by atoms with Crippen molar-refractivity contribution in [2.24, 2.45) is 11.7 Å². The minimum atomic E-state index is -0.761. The molecule has 0 bridgehead atoms. The number of hydrogen-bond donors (Lipinski definition) is 1. The number of nitrogens with two attached hydrogens (primary N) is 1. The van der Waals surface area contributed by atoms with E-state index in [0.717, 1.165) is 12.5 Å². The van der Waals surface area contributed by atoms with Gasteiger partial charge in [-0.3, -0.25) is 14.4 Å². The van der Waals surface area contributed by atoms with Gasteiger partial charge in [-0.1, -0.05) is 5.21 Å². The first-order valence-corrected chi connectivity index (χ1v) is 6.70. The highest BCUT2D eigenvalue weighted by Gasteiger charge is 2.36. The first kappa shape index (κ1) is 12.5. The van der Waals surface area contributed by atoms with Crippen molar-refractivity contribution in [1.82, 2.24) is 19.9 Å². The topological polar surface area (TPSA) is 77.0 Å². The van der Waals surface area contributed by atoms with Crippen molar-refractivity contribution >= 4 is 5.91 Å². The number of rotatable bonds is 5. The molecule has 0 spiro atoms. The largest absolute Gasteiger partial charge is 0.364 e. The maximum Gasteiger partial charge on any atom is 0.270 e. The lowest BCUT2D eigenvalue weighted by atomic mass is 10.2. The van der Waals surface area contributed by atoms with E-state index in [1.807, 2.05) is 0 Å². The summed E-state index contributed by atoms with van der Waals surface area (Å²) in [6.45, 7) is 2.05. The highest BCUT2D eigenvalue weighted by molar-refractivity contribution is 5.90. The molecule has 1 aromatic heterocycles. The summed E-state index contributed by atoms with van der Waals surface area (Å²) in [5.41, 5.74) is 5.29. The Morgan fingerprint density at radius 2 is 2.26 bits per heavy atom. The number of likely N-dealkylation sites (tertiary alicyclic amines) is 1. The van der Waals surface area contributed by atoms with Crippen molar-refractivity contribution in [2.45, 2.75) is 38.0 Å². The van der Waals surface area contributed by atoms with Crippen LogP contribution in [-0.4, -0.2) is 51.1 Å². The molecule has 0 radical (unpaired) electrons. The van der Waals surface area contributed by atoms with Crippen LogP contribution in [0.1, 0.15) is 29.8 Å². The van der Waals surface area contributed by atoms with Crippen molar-refractivity contribution in [3.05, 3.63) is 11.9 Å². The number of carbonyl (C=O) groups excluding carboxylic acids is 1. The van der Waals surface area contributed by atoms with Crippen LogP contribution in [0.5, 0.6) is 0 Å². The zero-order chi connectivity index (χ0) is 13.4. The summed E-state index contributed by atoms with van der Waals surface area (Å²) in [6, 6.07) is 0.137. The van der Waals surface area contributed by atoms with Crippen molar-refractivity contribution in [2.75, 3.05) is 13.1 Å². The number of alkyl halides is 1. The Hall–Kier alpha value is -1.50. The van der Waals surface area contributed by atoms with E-state index in [1.165, 1.54) is 19.0 Å². The predicted molar refractivity (Wildman–Crippen MR) is 66.1 cm³/mol. The standard InChI is InChI=1S/C12H18FN5O/c13-9-3-10(17(5-9)4-8-1-2-8)6-18-7-11(12(14)19)15-16-18/h7-10H,1-6H2,(H2,14,19). The number of carbonyl (C=O) groups is 1. The fourth-order valence-electron chi connectivity index (χ4n) is 2.68. The molecule has 7 heteroatoms. The first-order chi connectivity index (χ1) is 9.11. The number of nitrogens with zero attached hydrogens (tertiary/aromatic N) is 4. The molecule has 1 aromatic rings. The zero-order valence-electron chi connectivity index (χ0n) is 10.7. The number of amides is 1. The maximum atomic E-state index is 13.6. The van der Waals surface area contributed by atoms with E-state index in [2.05, 4.69) is 15.2 Å². The molecule has 2 atom stereocenters. The van der Waals surface area contributed by atoms with Crippen LogP contribution in [-0.2, 0) is 6.54 Å². The summed E-state index contributed by atoms with van der Waals surface area (Å²) >= 11 is 0. The lowest BCUT2D eigenvalue weighted by molar-refractivity contribution is 0.0995. The molecule has 6 nitrogen and oxygen atoms in total. The molecule has 1 saturated heterocycles. The number of hydrogen-bond acceptors (Lipinski definition) is 4. The quantitative estimate of drug-likeness (QED) is 0.826. The van der Waals surface area contributed by atoms with Crippen LogP contribution in [0.4, 0.5) is 4.39 Å². The molecule has 19 heavy (non-hydrogen) atoms. The molecule has 3 rings (SSSR count). The second kappa shape index (κ2) is 4.88. The van der Waals surface area contributed by atoms with Gasteiger partial charge in [0.25, 0.3) is 5.91 Å². The molecule has 1 aliphatic heterocycles. The molecular weight excluding hydrogens is 249 g/mol. The third-order valence-corrected chi connectivity index (χ3v) is 3.86. The van der Waals surface area contributed by atoms with Gasteiger partial charge < -0.3 is 5.73 Å². The molecule has 1 aliphatic carbocycles. The highest BCUT2D eigenvalue weighted by Crippen LogP contribution is 2.33. The Morgan fingerprint density at radius 1 is 1.47 bits per heavy atom. The van der Waals surface area contributed by atoms with Gasteiger partial charge in [-0.05, 0) is 25.2 Å². The Kier molecular flexibility index (Phi) is 3.22. The fraction of sp³-hybridized carbons (Fsp3) is 0.750. The molecule has 2 fully saturated rings. The van der Waals surface area contributed by atoms with Crippen LogP contribution in [0.25, 0.3) is 0 Å². The van der Waals surface area contributed by atoms with Crippen LogP contribution < -0.4 is 5.73 Å². The number of aromatic nitrogens is 3. The van der Waals surface area contributed by atoms with Crippen LogP contribution in [0, 0.1) is 5.92 Å². The van der Waals surface area contributed by atoms with Gasteiger partial charge in [-0.15, -0.1) is 5.10 Å². The number of halogens is 1. The molecule has 1 saturated carbocycles. The van der Waals surface area contributed by atoms with Crippen molar-refractivity contribution in [3.8, 4) is 0 Å². The van der Waals surface area contributed by atoms with E-state index in [1.54, 1.807) is 4.68 Å². The van der Waals surface area contributed by atoms with Crippen molar-refractivity contribution in [1.29, 1.82) is 0 Å². The lowest BCUT2D eigenvalue weighted by Crippen LogP contribution is -2.34. The van der Waals surface area contributed by atoms with E-state index in [4.69, 9.17) is 5.73 Å². The average Bonchev–Trinajstić information content (AvgIpc) is 2.91. The van der Waals surface area contributed by atoms with Crippen molar-refractivity contribution in [3.63, 3.8) is 0 Å². The molecule has 0 aromatic carbocycles. The van der Waals surface area contributed by atoms with E-state index < -0.39 is 12.1 Å². The Balaban J connectivity index is 1.64. The third-order valence-electron chi connectivity index (χ3n) is 3.86. The Morgan fingerprint density at radius 3 is 2.89 bits per heavy atom. The Bertz CT molecular complexity index is 472. The second-order valence-electron chi connectivity index (χ2n) is 5.57. The summed E-state index contributed by atoms with van der Waals surface area (Å²) in [4.78, 5) is 13.2. The molecule has 2 unspecified atom stereocenters. The van der Waals surface area contributed by atoms with Crippen LogP contribution in [0.2, 0.25) is 0 Å². The third kappa shape index (κ3) is 2.91. The Labute approximate surface area is 110 Å². The smallest absolute Gasteiger partial charge is 0.270 e. The zero-order valence-corrected chi connectivity index (χ0v) is 10.7. The minimum absolute atomic E-state index is 0.137. The van der Waals surface area contributed by atoms with Gasteiger partial charge in [0.05, 0.1) is 12.7 Å². The summed E-state index contributed by atoms with van der Waals surface area (Å²) in [5, 5.41) is 7.57. The summed E-state index contributed by atoms with van der Waals surface area (Å²) in [6.07, 6.45) is 3.81. The summed E-state index contributed by atoms with van der Waals surface area (Å²) in [5.74, 6) is 0.153. The van der Waals surface area contributed by atoms with Crippen LogP contribution in [0.15, 0.2) is 6.20 Å². The van der Waals surface area contributed by atoms with Crippen molar-refractivity contribution < 1.29 is 9.18 Å². The van der Waals surface area contributed by atoms with Gasteiger partial charge in [-0.2, -0.15) is 0 Å². The van der Waals surface area contributed by atoms with Gasteiger partial charge in [0, 0.05) is 19.1 Å². The SMILES string of the molecule is NC(=O)c1cn(CC2CC(F)CN2CC2CC2)nn1. The summed E-state index contributed by atoms with van der Waals surface area (Å²) < 4.78 is 15.2. The lowest BCUT2D eigenvalue weighted by Gasteiger charge is -2.23. The van der Waals surface area contributed by atoms with Gasteiger partial charge in [-0.25, -0.2) is 4.39 Å². The molecular formula is C12H18FN5O. The summed E-state index contributed by atoms with van der Waals surface area (Å²) in [7, 11) is 0. The minimum Gasteiger partial charge on any atom is -0.364 e. The normalized spacial score (nSPS) is 27.8. The second-order valence-corrected chi connectivity index (χ2v) is 5.57. The van der Waals surface area contributed by atoms with E-state index in [-0.39, 0.29) is 11.7 Å². The van der Waals surface area contributed by atoms with Crippen LogP contribution in [0.3, 0.4) is 0 Å². The number of primary amides is 1. The maximum absolute atomic E-state index is 13.6. The molecule has 2 aliphatic rings. The van der Waals surface area contributed by atoms with Gasteiger partial charge >= 0.3 is 0 Å². The van der Waals surface area contributed by atoms with Gasteiger partial charge in [0.15, 0.2) is 5.69 Å². The predicted octanol–water partition coefficient (Wildman–Crippen LogP) is 0.199. The van der Waals surface area contributed by atoms with E-state index >= 15 is 0 Å². The first-order valence-electron chi connectivity index (χ1n) is 6.70. The van der Waals surface area contributed by atoms with Gasteiger partial charge in [0.1, 0.15) is 6.17 Å². The van der Waals surface area contributed by atoms with E-state index in [0.29, 0.717) is 19.5 Å².